The Balaban J connectivity index is 1.28. The zero-order chi connectivity index (χ0) is 34.6. The number of ketones is 1. The highest BCUT2D eigenvalue weighted by Crippen LogP contribution is 2.46. The van der Waals surface area contributed by atoms with Crippen molar-refractivity contribution in [1.29, 1.82) is 0 Å². The zero-order valence-corrected chi connectivity index (χ0v) is 29.1. The molecule has 1 amide bonds. The highest BCUT2D eigenvalue weighted by molar-refractivity contribution is 8.00. The predicted molar refractivity (Wildman–Crippen MR) is 192 cm³/mol. The lowest BCUT2D eigenvalue weighted by molar-refractivity contribution is -0.132. The number of hydrogen-bond acceptors (Lipinski definition) is 11. The van der Waals surface area contributed by atoms with Gasteiger partial charge in [-0.2, -0.15) is 0 Å². The molecule has 0 spiro atoms. The number of hydrogen-bond donors (Lipinski definition) is 1. The molecule has 1 unspecified atom stereocenters. The molecule has 0 radical (unpaired) electrons. The molecule has 254 valence electrons. The molecule has 5 aromatic rings. The van der Waals surface area contributed by atoms with Crippen molar-refractivity contribution in [2.75, 3.05) is 24.7 Å². The highest BCUT2D eigenvalue weighted by Gasteiger charge is 2.48. The fraction of sp³-hybridized carbons (Fsp3) is 0.189. The van der Waals surface area contributed by atoms with E-state index in [4.69, 9.17) is 30.5 Å². The number of aliphatic hydroxyl groups is 1. The van der Waals surface area contributed by atoms with Crippen LogP contribution in [0.4, 0.5) is 5.13 Å². The molecule has 2 aliphatic rings. The van der Waals surface area contributed by atoms with Gasteiger partial charge in [0, 0.05) is 16.3 Å². The maximum atomic E-state index is 13.9. The van der Waals surface area contributed by atoms with Crippen molar-refractivity contribution in [3.05, 3.63) is 124 Å². The summed E-state index contributed by atoms with van der Waals surface area (Å²) in [5.74, 6) is 0.378. The molecule has 1 fully saturated rings. The van der Waals surface area contributed by atoms with E-state index < -0.39 is 17.7 Å². The second-order valence-corrected chi connectivity index (χ2v) is 13.8. The molecule has 1 saturated heterocycles. The molecule has 1 N–H and O–H groups in total. The van der Waals surface area contributed by atoms with Crippen LogP contribution in [0.3, 0.4) is 0 Å². The van der Waals surface area contributed by atoms with Crippen LogP contribution < -0.4 is 23.8 Å². The van der Waals surface area contributed by atoms with E-state index in [9.17, 15) is 14.7 Å². The Bertz CT molecular complexity index is 2070. The molecular formula is C37H30ClN3O7S2. The van der Waals surface area contributed by atoms with Crippen molar-refractivity contribution < 1.29 is 33.6 Å². The first-order valence-electron chi connectivity index (χ1n) is 15.7. The van der Waals surface area contributed by atoms with Gasteiger partial charge >= 0.3 is 5.91 Å². The van der Waals surface area contributed by atoms with Crippen molar-refractivity contribution in [3.63, 3.8) is 0 Å². The van der Waals surface area contributed by atoms with Gasteiger partial charge in [0.2, 0.25) is 5.13 Å². The van der Waals surface area contributed by atoms with Gasteiger partial charge in [0.25, 0.3) is 5.78 Å². The van der Waals surface area contributed by atoms with Gasteiger partial charge in [0.1, 0.15) is 25.6 Å². The molecule has 10 nitrogen and oxygen atoms in total. The van der Waals surface area contributed by atoms with Gasteiger partial charge in [0.15, 0.2) is 27.3 Å². The van der Waals surface area contributed by atoms with Gasteiger partial charge in [0.05, 0.1) is 18.2 Å². The molecule has 0 aliphatic carbocycles. The van der Waals surface area contributed by atoms with Crippen LogP contribution in [0, 0.1) is 0 Å². The first kappa shape index (κ1) is 33.5. The van der Waals surface area contributed by atoms with Crippen molar-refractivity contribution in [2.24, 2.45) is 0 Å². The van der Waals surface area contributed by atoms with E-state index in [1.54, 1.807) is 36.4 Å². The van der Waals surface area contributed by atoms with Gasteiger partial charge in [-0.25, -0.2) is 0 Å². The fourth-order valence-corrected chi connectivity index (χ4v) is 7.54. The van der Waals surface area contributed by atoms with Gasteiger partial charge in [-0.3, -0.25) is 14.5 Å². The van der Waals surface area contributed by atoms with Gasteiger partial charge < -0.3 is 24.1 Å². The average Bonchev–Trinajstić information content (AvgIpc) is 3.72. The Morgan fingerprint density at radius 1 is 0.920 bits per heavy atom. The number of carbonyl (C=O) groups is 2. The maximum Gasteiger partial charge on any atom is 0.301 e. The maximum absolute atomic E-state index is 13.9. The molecule has 13 heteroatoms. The number of aromatic nitrogens is 2. The van der Waals surface area contributed by atoms with Crippen LogP contribution in [0.25, 0.3) is 5.76 Å². The minimum atomic E-state index is -1.06. The Kier molecular flexibility index (Phi) is 9.92. The second kappa shape index (κ2) is 14.8. The number of thioether (sulfide) groups is 1. The van der Waals surface area contributed by atoms with Crippen LogP contribution >= 0.6 is 34.7 Å². The number of nitrogens with zero attached hydrogens (tertiary/aromatic N) is 3. The first-order valence-corrected chi connectivity index (χ1v) is 17.9. The van der Waals surface area contributed by atoms with E-state index >= 15 is 0 Å². The van der Waals surface area contributed by atoms with Gasteiger partial charge in [-0.15, -0.1) is 10.2 Å². The van der Waals surface area contributed by atoms with E-state index in [-0.39, 0.29) is 16.5 Å². The summed E-state index contributed by atoms with van der Waals surface area (Å²) in [5.41, 5.74) is 2.70. The largest absolute Gasteiger partial charge is 0.507 e. The summed E-state index contributed by atoms with van der Waals surface area (Å²) in [5, 5.41) is 21.3. The third-order valence-electron chi connectivity index (χ3n) is 7.96. The molecule has 3 heterocycles. The van der Waals surface area contributed by atoms with Crippen LogP contribution in [-0.2, 0) is 21.9 Å². The highest BCUT2D eigenvalue weighted by atomic mass is 35.5. The summed E-state index contributed by atoms with van der Waals surface area (Å²) in [7, 11) is 0. The molecule has 2 aliphatic heterocycles. The van der Waals surface area contributed by atoms with Crippen LogP contribution in [-0.4, -0.2) is 46.8 Å². The van der Waals surface area contributed by atoms with E-state index in [0.717, 1.165) is 11.1 Å². The summed E-state index contributed by atoms with van der Waals surface area (Å²) >= 11 is 8.66. The smallest absolute Gasteiger partial charge is 0.301 e. The third-order valence-corrected chi connectivity index (χ3v) is 10.3. The minimum absolute atomic E-state index is 0.113. The number of halogens is 1. The summed E-state index contributed by atoms with van der Waals surface area (Å²) < 4.78 is 24.1. The SMILES string of the molecule is CCOc1cc(C2/C(=C(/O)c3ccc4c(c3)OCCO4)C(=O)C(=O)N2c2nnc(SCc3ccc(Cl)cc3)s2)ccc1OCc1ccccc1. The number of rotatable bonds is 11. The first-order chi connectivity index (χ1) is 24.4. The zero-order valence-electron chi connectivity index (χ0n) is 26.7. The number of benzene rings is 4. The van der Waals surface area contributed by atoms with Crippen molar-refractivity contribution >= 4 is 57.3 Å². The molecule has 7 rings (SSSR count). The quantitative estimate of drug-likeness (QED) is 0.0473. The number of anilines is 1. The summed E-state index contributed by atoms with van der Waals surface area (Å²) in [6, 6.07) is 26.2. The lowest BCUT2D eigenvalue weighted by atomic mass is 9.95. The van der Waals surface area contributed by atoms with Crippen LogP contribution in [0.15, 0.2) is 101 Å². The summed E-state index contributed by atoms with van der Waals surface area (Å²) in [6.07, 6.45) is 0. The van der Waals surface area contributed by atoms with Gasteiger partial charge in [-0.05, 0) is 66.1 Å². The van der Waals surface area contributed by atoms with Crippen LogP contribution in [0.2, 0.25) is 5.02 Å². The summed E-state index contributed by atoms with van der Waals surface area (Å²) in [4.78, 5) is 29.0. The van der Waals surface area contributed by atoms with E-state index in [1.807, 2.05) is 61.5 Å². The third kappa shape index (κ3) is 7.00. The van der Waals surface area contributed by atoms with Crippen LogP contribution in [0.5, 0.6) is 23.0 Å². The van der Waals surface area contributed by atoms with Crippen molar-refractivity contribution in [3.8, 4) is 23.0 Å². The Morgan fingerprint density at radius 2 is 1.70 bits per heavy atom. The number of amides is 1. The van der Waals surface area contributed by atoms with E-state index in [0.29, 0.717) is 75.7 Å². The topological polar surface area (TPSA) is 120 Å². The normalized spacial score (nSPS) is 16.4. The number of Topliss-reactive ketones (excluding diaryl/α,β-unsaturated/α-hetero) is 1. The Morgan fingerprint density at radius 3 is 2.48 bits per heavy atom. The van der Waals surface area contributed by atoms with E-state index in [2.05, 4.69) is 10.2 Å². The minimum Gasteiger partial charge on any atom is -0.507 e. The monoisotopic (exact) mass is 727 g/mol. The Labute approximate surface area is 301 Å². The standard InChI is InChI=1S/C37H30ClN3O7S2/c1-2-45-29-18-24(10-14-28(29)48-20-22-6-4-3-5-7-22)32-31(33(42)25-11-15-27-30(19-25)47-17-16-46-27)34(43)35(44)41(32)36-39-40-37(50-36)49-21-23-8-12-26(38)13-9-23/h3-15,18-19,32,42H,2,16-17,20-21H2,1H3/b33-31-. The molecule has 1 atom stereocenters. The van der Waals surface area contributed by atoms with Crippen molar-refractivity contribution in [2.45, 2.75) is 29.7 Å². The molecule has 1 aromatic heterocycles. The number of carbonyl (C=O) groups excluding carboxylic acids is 2. The Hall–Kier alpha value is -5.04. The molecule has 0 saturated carbocycles. The average molecular weight is 728 g/mol. The summed E-state index contributed by atoms with van der Waals surface area (Å²) in [6.45, 7) is 3.25. The lowest BCUT2D eigenvalue weighted by Gasteiger charge is -2.24. The number of fused-ring (bicyclic) bond motifs is 1. The second-order valence-electron chi connectivity index (χ2n) is 11.2. The molecule has 50 heavy (non-hydrogen) atoms. The number of aliphatic hydroxyl groups excluding tert-OH is 1. The van der Waals surface area contributed by atoms with Gasteiger partial charge in [-0.1, -0.05) is 83.2 Å². The number of ether oxygens (including phenoxy) is 4. The fourth-order valence-electron chi connectivity index (χ4n) is 5.59. The van der Waals surface area contributed by atoms with Crippen LogP contribution in [0.1, 0.15) is 35.2 Å². The lowest BCUT2D eigenvalue weighted by Crippen LogP contribution is -2.29. The van der Waals surface area contributed by atoms with E-state index in [1.165, 1.54) is 28.0 Å². The van der Waals surface area contributed by atoms with Crippen molar-refractivity contribution in [1.82, 2.24) is 10.2 Å². The molecular weight excluding hydrogens is 698 g/mol. The molecule has 0 bridgehead atoms. The molecule has 4 aromatic carbocycles. The predicted octanol–water partition coefficient (Wildman–Crippen LogP) is 7.86.